The van der Waals surface area contributed by atoms with Crippen LogP contribution in [0.1, 0.15) is 34.5 Å². The second kappa shape index (κ2) is 8.18. The number of fused-ring (bicyclic) bond motifs is 1. The van der Waals surface area contributed by atoms with E-state index >= 15 is 0 Å². The first-order chi connectivity index (χ1) is 16.3. The maximum absolute atomic E-state index is 13.4. The van der Waals surface area contributed by atoms with Gasteiger partial charge in [0.1, 0.15) is 0 Å². The molecule has 1 amide bonds. The molecule has 3 aromatic rings. The highest BCUT2D eigenvalue weighted by molar-refractivity contribution is 7.89. The van der Waals surface area contributed by atoms with Gasteiger partial charge in [-0.1, -0.05) is 30.3 Å². The Labute approximate surface area is 198 Å². The summed E-state index contributed by atoms with van der Waals surface area (Å²) < 4.78 is 28.0. The first kappa shape index (κ1) is 22.0. The predicted octanol–water partition coefficient (Wildman–Crippen LogP) is 2.92. The minimum Gasteiger partial charge on any atom is -0.399 e. The van der Waals surface area contributed by atoms with Gasteiger partial charge in [-0.25, -0.2) is 17.7 Å². The smallest absolute Gasteiger partial charge is 0.266 e. The zero-order chi connectivity index (χ0) is 24.0. The number of aliphatic imine (C=N–C) groups is 1. The van der Waals surface area contributed by atoms with E-state index in [9.17, 15) is 13.2 Å². The van der Waals surface area contributed by atoms with Crippen molar-refractivity contribution in [2.45, 2.75) is 30.3 Å². The monoisotopic (exact) mass is 475 g/mol. The summed E-state index contributed by atoms with van der Waals surface area (Å²) in [5.41, 5.74) is 15.3. The molecule has 174 valence electrons. The molecule has 2 aliphatic heterocycles. The van der Waals surface area contributed by atoms with Crippen LogP contribution in [0, 0.1) is 0 Å². The van der Waals surface area contributed by atoms with Crippen LogP contribution in [0.25, 0.3) is 0 Å². The molecular weight excluding hydrogens is 450 g/mol. The number of hydrogen-bond acceptors (Lipinski definition) is 6. The van der Waals surface area contributed by atoms with Gasteiger partial charge in [-0.2, -0.15) is 0 Å². The van der Waals surface area contributed by atoms with Crippen LogP contribution in [-0.2, 0) is 16.4 Å². The van der Waals surface area contributed by atoms with Crippen LogP contribution in [0.5, 0.6) is 0 Å². The van der Waals surface area contributed by atoms with Gasteiger partial charge in [-0.3, -0.25) is 4.79 Å². The molecule has 9 heteroatoms. The highest BCUT2D eigenvalue weighted by Crippen LogP contribution is 2.36. The van der Waals surface area contributed by atoms with Crippen molar-refractivity contribution in [2.75, 3.05) is 17.2 Å². The molecular formula is C25H25N5O3S. The van der Waals surface area contributed by atoms with Crippen molar-refractivity contribution < 1.29 is 13.2 Å². The van der Waals surface area contributed by atoms with E-state index in [0.29, 0.717) is 23.4 Å². The van der Waals surface area contributed by atoms with Gasteiger partial charge >= 0.3 is 0 Å². The van der Waals surface area contributed by atoms with E-state index in [0.717, 1.165) is 15.4 Å². The van der Waals surface area contributed by atoms with E-state index in [4.69, 9.17) is 11.5 Å². The summed E-state index contributed by atoms with van der Waals surface area (Å²) in [5, 5.41) is 0. The summed E-state index contributed by atoms with van der Waals surface area (Å²) in [6.45, 7) is 2.09. The lowest BCUT2D eigenvalue weighted by atomic mass is 10.1. The fraction of sp³-hybridized carbons (Fsp3) is 0.200. The zero-order valence-corrected chi connectivity index (χ0v) is 19.4. The fourth-order valence-corrected chi connectivity index (χ4v) is 5.98. The van der Waals surface area contributed by atoms with Crippen LogP contribution < -0.4 is 16.4 Å². The van der Waals surface area contributed by atoms with Gasteiger partial charge in [-0.05, 0) is 66.9 Å². The number of guanidine groups is 1. The Bertz CT molecular complexity index is 1390. The Morgan fingerprint density at radius 3 is 2.41 bits per heavy atom. The van der Waals surface area contributed by atoms with Crippen LogP contribution in [0.15, 0.2) is 82.7 Å². The lowest BCUT2D eigenvalue weighted by Gasteiger charge is -2.23. The van der Waals surface area contributed by atoms with Crippen molar-refractivity contribution in [3.63, 3.8) is 0 Å². The van der Waals surface area contributed by atoms with Crippen LogP contribution in [0.4, 0.5) is 11.4 Å². The van der Waals surface area contributed by atoms with Crippen LogP contribution in [0.2, 0.25) is 0 Å². The molecule has 0 saturated carbocycles. The lowest BCUT2D eigenvalue weighted by molar-refractivity contribution is 0.0981. The van der Waals surface area contributed by atoms with Gasteiger partial charge in [0.15, 0.2) is 0 Å². The molecule has 0 bridgehead atoms. The van der Waals surface area contributed by atoms with Gasteiger partial charge in [-0.15, -0.1) is 0 Å². The third kappa shape index (κ3) is 3.67. The van der Waals surface area contributed by atoms with Gasteiger partial charge in [0.25, 0.3) is 15.9 Å². The van der Waals surface area contributed by atoms with E-state index in [2.05, 4.69) is 4.99 Å². The van der Waals surface area contributed by atoms with E-state index in [1.807, 2.05) is 37.3 Å². The topological polar surface area (TPSA) is 122 Å². The summed E-state index contributed by atoms with van der Waals surface area (Å²) in [7, 11) is -3.90. The minimum absolute atomic E-state index is 0.0251. The SMILES string of the molecule is CC1Cc2cc(S(=O)(=O)N3CC(c4ccccc4)N=C3N)ccc2N1C(=O)c1ccc(N)cc1. The van der Waals surface area contributed by atoms with Crippen molar-refractivity contribution in [1.29, 1.82) is 0 Å². The Morgan fingerprint density at radius 1 is 1.00 bits per heavy atom. The molecule has 0 aliphatic carbocycles. The molecule has 0 radical (unpaired) electrons. The normalized spacial score (nSPS) is 19.7. The van der Waals surface area contributed by atoms with Crippen LogP contribution in [-0.4, -0.2) is 37.2 Å². The Kier molecular flexibility index (Phi) is 5.28. The summed E-state index contributed by atoms with van der Waals surface area (Å²) in [6.07, 6.45) is 0.551. The molecule has 4 N–H and O–H groups in total. The maximum atomic E-state index is 13.4. The van der Waals surface area contributed by atoms with E-state index in [1.54, 1.807) is 41.3 Å². The summed E-state index contributed by atoms with van der Waals surface area (Å²) in [6, 6.07) is 20.6. The molecule has 0 fully saturated rings. The fourth-order valence-electron chi connectivity index (χ4n) is 4.56. The molecule has 5 rings (SSSR count). The van der Waals surface area contributed by atoms with Crippen molar-refractivity contribution >= 4 is 33.3 Å². The third-order valence-corrected chi connectivity index (χ3v) is 8.06. The average molecular weight is 476 g/mol. The Balaban J connectivity index is 1.42. The van der Waals surface area contributed by atoms with E-state index < -0.39 is 10.0 Å². The quantitative estimate of drug-likeness (QED) is 0.562. The average Bonchev–Trinajstić information content (AvgIpc) is 3.38. The molecule has 2 aliphatic rings. The molecule has 0 spiro atoms. The highest BCUT2D eigenvalue weighted by atomic mass is 32.2. The van der Waals surface area contributed by atoms with E-state index in [1.165, 1.54) is 6.07 Å². The lowest BCUT2D eigenvalue weighted by Crippen LogP contribution is -2.39. The first-order valence-corrected chi connectivity index (χ1v) is 12.4. The summed E-state index contributed by atoms with van der Waals surface area (Å²) in [4.78, 5) is 19.4. The van der Waals surface area contributed by atoms with Gasteiger partial charge in [0.05, 0.1) is 17.5 Å². The number of nitrogens with zero attached hydrogens (tertiary/aromatic N) is 3. The maximum Gasteiger partial charge on any atom is 0.266 e. The molecule has 2 unspecified atom stereocenters. The highest BCUT2D eigenvalue weighted by Gasteiger charge is 2.37. The third-order valence-electron chi connectivity index (χ3n) is 6.30. The number of benzene rings is 3. The minimum atomic E-state index is -3.90. The molecule has 0 saturated heterocycles. The number of nitrogen functional groups attached to an aromatic ring is 1. The number of nitrogens with two attached hydrogens (primary N) is 2. The Hall–Kier alpha value is -3.85. The number of carbonyl (C=O) groups is 1. The zero-order valence-electron chi connectivity index (χ0n) is 18.6. The van der Waals surface area contributed by atoms with Crippen LogP contribution in [0.3, 0.4) is 0 Å². The molecule has 0 aromatic heterocycles. The van der Waals surface area contributed by atoms with Gasteiger partial charge < -0.3 is 16.4 Å². The molecule has 2 heterocycles. The number of rotatable bonds is 4. The number of hydrogen-bond donors (Lipinski definition) is 2. The van der Waals surface area contributed by atoms with Crippen LogP contribution >= 0.6 is 0 Å². The molecule has 2 atom stereocenters. The number of amides is 1. The second-order valence-corrected chi connectivity index (χ2v) is 10.5. The van der Waals surface area contributed by atoms with Gasteiger partial charge in [0.2, 0.25) is 5.96 Å². The summed E-state index contributed by atoms with van der Waals surface area (Å²) >= 11 is 0. The summed E-state index contributed by atoms with van der Waals surface area (Å²) in [5.74, 6) is -0.175. The standard InChI is InChI=1S/C25H25N5O3S/c1-16-13-19-14-21(11-12-23(19)30(16)24(31)18-7-9-20(26)10-8-18)34(32,33)29-15-22(28-25(29)27)17-5-3-2-4-6-17/h2-12,14,16,22H,13,15,26H2,1H3,(H2,27,28). The predicted molar refractivity (Wildman–Crippen MR) is 132 cm³/mol. The Morgan fingerprint density at radius 2 is 1.71 bits per heavy atom. The number of sulfonamides is 1. The van der Waals surface area contributed by atoms with E-state index in [-0.39, 0.29) is 35.4 Å². The molecule has 3 aromatic carbocycles. The van der Waals surface area contributed by atoms with Crippen molar-refractivity contribution in [3.8, 4) is 0 Å². The number of anilines is 2. The van der Waals surface area contributed by atoms with Gasteiger partial charge in [0, 0.05) is 23.0 Å². The van der Waals surface area contributed by atoms with Crippen molar-refractivity contribution in [2.24, 2.45) is 10.7 Å². The molecule has 34 heavy (non-hydrogen) atoms. The largest absolute Gasteiger partial charge is 0.399 e. The first-order valence-electron chi connectivity index (χ1n) is 11.0. The molecule has 8 nitrogen and oxygen atoms in total. The number of carbonyl (C=O) groups excluding carboxylic acids is 1. The van der Waals surface area contributed by atoms with Crippen molar-refractivity contribution in [3.05, 3.63) is 89.5 Å². The van der Waals surface area contributed by atoms with Crippen molar-refractivity contribution in [1.82, 2.24) is 4.31 Å². The second-order valence-electron chi connectivity index (χ2n) is 8.59.